The summed E-state index contributed by atoms with van der Waals surface area (Å²) in [5.41, 5.74) is 0.184. The van der Waals surface area contributed by atoms with Crippen molar-refractivity contribution >= 4 is 77.0 Å². The number of aliphatic carboxylic acids is 1. The number of ketones is 1. The number of hydrogen-bond donors (Lipinski definition) is 2. The van der Waals surface area contributed by atoms with Crippen LogP contribution in [0.5, 0.6) is 5.75 Å². The van der Waals surface area contributed by atoms with Gasteiger partial charge in [0.25, 0.3) is 6.47 Å². The van der Waals surface area contributed by atoms with Crippen LogP contribution in [0.2, 0.25) is 10.0 Å². The van der Waals surface area contributed by atoms with Crippen molar-refractivity contribution in [1.29, 1.82) is 0 Å². The average Bonchev–Trinajstić information content (AvgIpc) is 3.15. The number of carbonyl (C=O) groups excluding carboxylic acids is 6. The standard InChI is InChI=1S/C38H55Cl2NO13S/c1-3-27(37(47)28-20-21-30(36(40)35(28)39)52-26-51-24-42)22-55-23-29(38(48)49)41-31(43)16-12-8-4-5-10-14-18-33(45)54-34(46)19-15-11-7-6-9-13-17-32(44)53-25-50-2/h20-21,24,27,29H,3-19,22-23,25-26H2,1-2H3,(H,41,43)(H,48,49)/t27?,29-/m0/s1. The maximum absolute atomic E-state index is 13.2. The van der Waals surface area contributed by atoms with Crippen LogP contribution in [0.25, 0.3) is 0 Å². The van der Waals surface area contributed by atoms with Crippen LogP contribution in [0.3, 0.4) is 0 Å². The van der Waals surface area contributed by atoms with Crippen molar-refractivity contribution in [2.45, 2.75) is 122 Å². The normalized spacial score (nSPS) is 11.9. The van der Waals surface area contributed by atoms with Gasteiger partial charge in [0.2, 0.25) is 12.7 Å². The van der Waals surface area contributed by atoms with Crippen LogP contribution in [0.1, 0.15) is 126 Å². The summed E-state index contributed by atoms with van der Waals surface area (Å²) in [5, 5.41) is 12.2. The Morgan fingerprint density at radius 1 is 0.764 bits per heavy atom. The number of esters is 3. The summed E-state index contributed by atoms with van der Waals surface area (Å²) < 4.78 is 24.1. The highest BCUT2D eigenvalue weighted by molar-refractivity contribution is 7.99. The Morgan fingerprint density at radius 3 is 1.84 bits per heavy atom. The van der Waals surface area contributed by atoms with Gasteiger partial charge in [0.15, 0.2) is 12.6 Å². The summed E-state index contributed by atoms with van der Waals surface area (Å²) in [6.45, 7) is 1.63. The molecule has 0 fully saturated rings. The van der Waals surface area contributed by atoms with Gasteiger partial charge in [-0.15, -0.1) is 0 Å². The summed E-state index contributed by atoms with van der Waals surface area (Å²) in [4.78, 5) is 83.1. The van der Waals surface area contributed by atoms with Crippen molar-refractivity contribution in [3.05, 3.63) is 27.7 Å². The van der Waals surface area contributed by atoms with Gasteiger partial charge in [0.1, 0.15) is 16.8 Å². The zero-order valence-corrected chi connectivity index (χ0v) is 34.1. The van der Waals surface area contributed by atoms with Crippen LogP contribution in [0, 0.1) is 5.92 Å². The Morgan fingerprint density at radius 2 is 1.31 bits per heavy atom. The van der Waals surface area contributed by atoms with Crippen LogP contribution in [-0.4, -0.2) is 85.4 Å². The number of carbonyl (C=O) groups is 7. The molecule has 0 radical (unpaired) electrons. The minimum absolute atomic E-state index is 0.00528. The number of Topliss-reactive ketones (excluding diaryl/α,β-unsaturated/α-hetero) is 1. The number of halogens is 2. The second-order valence-electron chi connectivity index (χ2n) is 12.7. The van der Waals surface area contributed by atoms with Gasteiger partial charge in [0.05, 0.1) is 5.02 Å². The number of ether oxygens (including phenoxy) is 5. The largest absolute Gasteiger partial charge is 0.480 e. The summed E-state index contributed by atoms with van der Waals surface area (Å²) >= 11 is 13.8. The molecule has 17 heteroatoms. The minimum atomic E-state index is -1.17. The van der Waals surface area contributed by atoms with Gasteiger partial charge >= 0.3 is 23.9 Å². The number of carboxylic acid groups (broad SMARTS) is 1. The molecule has 55 heavy (non-hydrogen) atoms. The lowest BCUT2D eigenvalue weighted by Crippen LogP contribution is -2.42. The Balaban J connectivity index is 2.20. The zero-order valence-electron chi connectivity index (χ0n) is 31.7. The van der Waals surface area contributed by atoms with Gasteiger partial charge in [-0.25, -0.2) is 4.79 Å². The third-order valence-corrected chi connectivity index (χ3v) is 10.4. The maximum Gasteiger partial charge on any atom is 0.327 e. The van der Waals surface area contributed by atoms with Gasteiger partial charge in [-0.2, -0.15) is 11.8 Å². The van der Waals surface area contributed by atoms with Crippen LogP contribution in [0.15, 0.2) is 12.1 Å². The predicted molar refractivity (Wildman–Crippen MR) is 207 cm³/mol. The van der Waals surface area contributed by atoms with E-state index in [1.165, 1.54) is 31.0 Å². The number of nitrogens with one attached hydrogen (secondary N) is 1. The third-order valence-electron chi connectivity index (χ3n) is 8.38. The first-order valence-corrected chi connectivity index (χ1v) is 20.5. The first kappa shape index (κ1) is 49.6. The van der Waals surface area contributed by atoms with Crippen molar-refractivity contribution in [2.75, 3.05) is 32.2 Å². The molecule has 310 valence electrons. The number of rotatable bonds is 33. The van der Waals surface area contributed by atoms with Gasteiger partial charge < -0.3 is 34.1 Å². The van der Waals surface area contributed by atoms with Crippen molar-refractivity contribution in [1.82, 2.24) is 5.32 Å². The summed E-state index contributed by atoms with van der Waals surface area (Å²) in [7, 11) is 1.46. The van der Waals surface area contributed by atoms with Crippen molar-refractivity contribution in [3.8, 4) is 5.75 Å². The quantitative estimate of drug-likeness (QED) is 0.0134. The van der Waals surface area contributed by atoms with Crippen molar-refractivity contribution < 1.29 is 62.4 Å². The second kappa shape index (κ2) is 30.8. The molecule has 0 saturated carbocycles. The number of thioether (sulfide) groups is 1. The highest BCUT2D eigenvalue weighted by Gasteiger charge is 2.25. The highest BCUT2D eigenvalue weighted by Crippen LogP contribution is 2.36. The molecule has 1 rings (SSSR count). The molecule has 0 bridgehead atoms. The lowest BCUT2D eigenvalue weighted by atomic mass is 9.97. The van der Waals surface area contributed by atoms with E-state index in [4.69, 9.17) is 37.4 Å². The molecule has 14 nitrogen and oxygen atoms in total. The molecule has 1 aromatic rings. The molecule has 0 spiro atoms. The molecule has 2 atom stereocenters. The Labute approximate surface area is 337 Å². The van der Waals surface area contributed by atoms with Crippen LogP contribution in [-0.2, 0) is 47.7 Å². The average molecular weight is 837 g/mol. The van der Waals surface area contributed by atoms with Crippen LogP contribution < -0.4 is 10.1 Å². The van der Waals surface area contributed by atoms with E-state index in [2.05, 4.69) is 14.8 Å². The fourth-order valence-corrected chi connectivity index (χ4v) is 7.00. The van der Waals surface area contributed by atoms with Gasteiger partial charge in [-0.1, -0.05) is 81.5 Å². The number of benzene rings is 1. The maximum atomic E-state index is 13.2. The molecular formula is C38H55Cl2NO13S. The van der Waals surface area contributed by atoms with Crippen LogP contribution in [0.4, 0.5) is 0 Å². The molecule has 1 aromatic carbocycles. The molecule has 0 heterocycles. The molecule has 0 saturated heterocycles. The Kier molecular flexibility index (Phi) is 27.8. The van der Waals surface area contributed by atoms with Gasteiger partial charge in [-0.05, 0) is 44.2 Å². The monoisotopic (exact) mass is 835 g/mol. The summed E-state index contributed by atoms with van der Waals surface area (Å²) in [6, 6.07) is 1.79. The number of amides is 1. The summed E-state index contributed by atoms with van der Waals surface area (Å²) in [6.07, 6.45) is 10.7. The molecule has 0 aliphatic carbocycles. The molecule has 2 N–H and O–H groups in total. The van der Waals surface area contributed by atoms with Crippen molar-refractivity contribution in [3.63, 3.8) is 0 Å². The van der Waals surface area contributed by atoms with E-state index in [0.29, 0.717) is 37.9 Å². The Hall–Kier alpha value is -3.40. The van der Waals surface area contributed by atoms with E-state index in [9.17, 15) is 38.7 Å². The van der Waals surface area contributed by atoms with Crippen molar-refractivity contribution in [2.24, 2.45) is 5.92 Å². The number of methoxy groups -OCH3 is 1. The van der Waals surface area contributed by atoms with Crippen LogP contribution >= 0.6 is 35.0 Å². The van der Waals surface area contributed by atoms with E-state index >= 15 is 0 Å². The van der Waals surface area contributed by atoms with E-state index in [1.54, 1.807) is 0 Å². The summed E-state index contributed by atoms with van der Waals surface area (Å²) in [5.74, 6) is -3.12. The zero-order chi connectivity index (χ0) is 40.8. The smallest absolute Gasteiger partial charge is 0.327 e. The Bertz CT molecular complexity index is 1360. The first-order valence-electron chi connectivity index (χ1n) is 18.6. The second-order valence-corrected chi connectivity index (χ2v) is 14.6. The topological polar surface area (TPSA) is 198 Å². The molecule has 0 aromatic heterocycles. The lowest BCUT2D eigenvalue weighted by Gasteiger charge is -2.18. The van der Waals surface area contributed by atoms with E-state index in [0.717, 1.165) is 57.8 Å². The number of unbranched alkanes of at least 4 members (excludes halogenated alkanes) is 10. The van der Waals surface area contributed by atoms with Gasteiger partial charge in [0, 0.05) is 55.8 Å². The molecule has 0 aliphatic heterocycles. The first-order chi connectivity index (χ1) is 26.4. The molecular weight excluding hydrogens is 781 g/mol. The van der Waals surface area contributed by atoms with E-state index in [-0.39, 0.29) is 84.1 Å². The molecule has 0 aliphatic rings. The lowest BCUT2D eigenvalue weighted by molar-refractivity contribution is -0.160. The molecule has 1 unspecified atom stereocenters. The van der Waals surface area contributed by atoms with Gasteiger partial charge in [-0.3, -0.25) is 28.8 Å². The fraction of sp³-hybridized carbons (Fsp3) is 0.658. The molecule has 1 amide bonds. The number of carboxylic acids is 1. The third kappa shape index (κ3) is 22.7. The van der Waals surface area contributed by atoms with E-state index < -0.39 is 29.9 Å². The highest BCUT2D eigenvalue weighted by atomic mass is 35.5. The minimum Gasteiger partial charge on any atom is -0.480 e. The van der Waals surface area contributed by atoms with E-state index in [1.807, 2.05) is 6.92 Å². The SMILES string of the molecule is CCC(CSC[C@H](NC(=O)CCCCCCCCC(=O)OC(=O)CCCCCCCCC(=O)OCOC)C(=O)O)C(=O)c1ccc(OCOC=O)c(Cl)c1Cl. The predicted octanol–water partition coefficient (Wildman–Crippen LogP) is 7.47. The number of hydrogen-bond acceptors (Lipinski definition) is 13. The fourth-order valence-electron chi connectivity index (χ4n) is 5.26.